The lowest BCUT2D eigenvalue weighted by Crippen LogP contribution is -2.13. The van der Waals surface area contributed by atoms with Crippen LogP contribution < -0.4 is 0 Å². The zero-order chi connectivity index (χ0) is 13.1. The highest BCUT2D eigenvalue weighted by molar-refractivity contribution is 8.00. The van der Waals surface area contributed by atoms with Gasteiger partial charge in [0.25, 0.3) is 5.69 Å². The van der Waals surface area contributed by atoms with E-state index in [4.69, 9.17) is 0 Å². The normalized spacial score (nSPS) is 11.5. The Labute approximate surface area is 107 Å². The third kappa shape index (κ3) is 4.04. The largest absolute Gasteiger partial charge is 0.269 e. The summed E-state index contributed by atoms with van der Waals surface area (Å²) in [6, 6.07) is 5.08. The molecule has 0 aliphatic carbocycles. The molecule has 0 unspecified atom stereocenters. The third-order valence-electron chi connectivity index (χ3n) is 2.61. The van der Waals surface area contributed by atoms with Crippen molar-refractivity contribution < 1.29 is 4.92 Å². The highest BCUT2D eigenvalue weighted by Gasteiger charge is 2.20. The highest BCUT2D eigenvalue weighted by Crippen LogP contribution is 2.38. The van der Waals surface area contributed by atoms with E-state index in [0.717, 1.165) is 23.3 Å². The van der Waals surface area contributed by atoms with Gasteiger partial charge in [0.15, 0.2) is 0 Å². The lowest BCUT2D eigenvalue weighted by atomic mass is 10.1. The van der Waals surface area contributed by atoms with Crippen molar-refractivity contribution in [3.05, 3.63) is 33.9 Å². The Balaban J connectivity index is 2.90. The van der Waals surface area contributed by atoms with Crippen LogP contribution in [-0.2, 0) is 0 Å². The first-order valence-corrected chi connectivity index (χ1v) is 6.61. The van der Waals surface area contributed by atoms with E-state index in [2.05, 4.69) is 20.8 Å². The maximum atomic E-state index is 10.7. The smallest absolute Gasteiger partial charge is 0.258 e. The SMILES string of the molecule is CCCC(C)(C)Sc1ccc([N+](=O)[O-])cc1C. The number of non-ortho nitro benzene ring substituents is 1. The van der Waals surface area contributed by atoms with Crippen LogP contribution in [-0.4, -0.2) is 9.67 Å². The molecule has 1 aromatic carbocycles. The van der Waals surface area contributed by atoms with Crippen LogP contribution in [0.15, 0.2) is 23.1 Å². The molecule has 94 valence electrons. The predicted octanol–water partition coefficient (Wildman–Crippen LogP) is 4.57. The number of nitro groups is 1. The zero-order valence-electron chi connectivity index (χ0n) is 10.8. The van der Waals surface area contributed by atoms with Gasteiger partial charge >= 0.3 is 0 Å². The van der Waals surface area contributed by atoms with Crippen LogP contribution >= 0.6 is 11.8 Å². The number of aryl methyl sites for hydroxylation is 1. The molecule has 0 saturated carbocycles. The van der Waals surface area contributed by atoms with E-state index in [1.54, 1.807) is 23.9 Å². The van der Waals surface area contributed by atoms with Crippen molar-refractivity contribution in [2.24, 2.45) is 0 Å². The molecule has 0 N–H and O–H groups in total. The lowest BCUT2D eigenvalue weighted by molar-refractivity contribution is -0.385. The molecule has 0 heterocycles. The molecule has 0 aromatic heterocycles. The molecule has 4 heteroatoms. The highest BCUT2D eigenvalue weighted by atomic mass is 32.2. The monoisotopic (exact) mass is 253 g/mol. The van der Waals surface area contributed by atoms with Crippen molar-refractivity contribution in [2.45, 2.75) is 50.2 Å². The van der Waals surface area contributed by atoms with Gasteiger partial charge in [-0.25, -0.2) is 0 Å². The quantitative estimate of drug-likeness (QED) is 0.438. The Bertz CT molecular complexity index is 416. The van der Waals surface area contributed by atoms with Crippen molar-refractivity contribution in [1.29, 1.82) is 0 Å². The number of hydrogen-bond acceptors (Lipinski definition) is 3. The summed E-state index contributed by atoms with van der Waals surface area (Å²) in [5, 5.41) is 10.7. The second kappa shape index (κ2) is 5.54. The minimum atomic E-state index is -0.349. The minimum Gasteiger partial charge on any atom is -0.258 e. The molecule has 0 atom stereocenters. The van der Waals surface area contributed by atoms with Crippen molar-refractivity contribution >= 4 is 17.4 Å². The molecule has 0 aliphatic rings. The van der Waals surface area contributed by atoms with Crippen LogP contribution in [0.3, 0.4) is 0 Å². The number of benzene rings is 1. The fourth-order valence-corrected chi connectivity index (χ4v) is 3.07. The van der Waals surface area contributed by atoms with Crippen molar-refractivity contribution in [2.75, 3.05) is 0 Å². The fraction of sp³-hybridized carbons (Fsp3) is 0.538. The Morgan fingerprint density at radius 2 is 2.06 bits per heavy atom. The maximum absolute atomic E-state index is 10.7. The molecule has 0 spiro atoms. The van der Waals surface area contributed by atoms with Crippen LogP contribution in [0.1, 0.15) is 39.2 Å². The third-order valence-corrected chi connectivity index (χ3v) is 4.04. The van der Waals surface area contributed by atoms with Crippen LogP contribution in [0.4, 0.5) is 5.69 Å². The van der Waals surface area contributed by atoms with E-state index < -0.39 is 0 Å². The van der Waals surface area contributed by atoms with Gasteiger partial charge in [-0.1, -0.05) is 27.2 Å². The zero-order valence-corrected chi connectivity index (χ0v) is 11.6. The van der Waals surface area contributed by atoms with E-state index in [1.165, 1.54) is 0 Å². The Morgan fingerprint density at radius 3 is 2.53 bits per heavy atom. The average Bonchev–Trinajstić information content (AvgIpc) is 2.20. The van der Waals surface area contributed by atoms with Gasteiger partial charge < -0.3 is 0 Å². The van der Waals surface area contributed by atoms with E-state index in [0.29, 0.717) is 0 Å². The molecule has 0 bridgehead atoms. The molecule has 1 rings (SSSR count). The van der Waals surface area contributed by atoms with Crippen molar-refractivity contribution in [3.8, 4) is 0 Å². The van der Waals surface area contributed by atoms with Crippen LogP contribution in [0.2, 0.25) is 0 Å². The first-order valence-electron chi connectivity index (χ1n) is 5.80. The molecular weight excluding hydrogens is 234 g/mol. The van der Waals surface area contributed by atoms with E-state index >= 15 is 0 Å². The van der Waals surface area contributed by atoms with Crippen molar-refractivity contribution in [1.82, 2.24) is 0 Å². The summed E-state index contributed by atoms with van der Waals surface area (Å²) in [5.41, 5.74) is 1.15. The van der Waals surface area contributed by atoms with Gasteiger partial charge in [-0.3, -0.25) is 10.1 Å². The topological polar surface area (TPSA) is 43.1 Å². The summed E-state index contributed by atoms with van der Waals surface area (Å²) < 4.78 is 0.176. The Morgan fingerprint density at radius 1 is 1.41 bits per heavy atom. The molecule has 0 amide bonds. The van der Waals surface area contributed by atoms with E-state index in [1.807, 2.05) is 13.0 Å². The fourth-order valence-electron chi connectivity index (χ4n) is 1.81. The summed E-state index contributed by atoms with van der Waals surface area (Å²) in [6.07, 6.45) is 2.28. The molecule has 1 aromatic rings. The van der Waals surface area contributed by atoms with Crippen molar-refractivity contribution in [3.63, 3.8) is 0 Å². The summed E-state index contributed by atoms with van der Waals surface area (Å²) in [6.45, 7) is 8.52. The predicted molar refractivity (Wildman–Crippen MR) is 72.7 cm³/mol. The first-order chi connectivity index (χ1) is 7.85. The first kappa shape index (κ1) is 14.0. The summed E-state index contributed by atoms with van der Waals surface area (Å²) in [5.74, 6) is 0. The molecule has 0 aliphatic heterocycles. The lowest BCUT2D eigenvalue weighted by Gasteiger charge is -2.24. The van der Waals surface area contributed by atoms with E-state index in [9.17, 15) is 10.1 Å². The van der Waals surface area contributed by atoms with Gasteiger partial charge in [0.2, 0.25) is 0 Å². The second-order valence-corrected chi connectivity index (χ2v) is 6.57. The second-order valence-electron chi connectivity index (χ2n) is 4.82. The van der Waals surface area contributed by atoms with Gasteiger partial charge in [-0.15, -0.1) is 11.8 Å². The average molecular weight is 253 g/mol. The van der Waals surface area contributed by atoms with Gasteiger partial charge in [-0.2, -0.15) is 0 Å². The van der Waals surface area contributed by atoms with Gasteiger partial charge in [0.05, 0.1) is 4.92 Å². The van der Waals surface area contributed by atoms with Crippen LogP contribution in [0, 0.1) is 17.0 Å². The molecule has 0 fully saturated rings. The molecule has 3 nitrogen and oxygen atoms in total. The maximum Gasteiger partial charge on any atom is 0.269 e. The Hall–Kier alpha value is -1.03. The van der Waals surface area contributed by atoms with Gasteiger partial charge in [0.1, 0.15) is 0 Å². The molecule has 0 radical (unpaired) electrons. The standard InChI is InChI=1S/C13H19NO2S/c1-5-8-13(3,4)17-12-7-6-11(14(15)16)9-10(12)2/h6-7,9H,5,8H2,1-4H3. The summed E-state index contributed by atoms with van der Waals surface area (Å²) in [4.78, 5) is 11.4. The minimum absolute atomic E-state index is 0.167. The van der Waals surface area contributed by atoms with E-state index in [-0.39, 0.29) is 15.4 Å². The number of thioether (sulfide) groups is 1. The summed E-state index contributed by atoms with van der Waals surface area (Å²) in [7, 11) is 0. The Kier molecular flexibility index (Phi) is 4.57. The molecule has 17 heavy (non-hydrogen) atoms. The van der Waals surface area contributed by atoms with Crippen LogP contribution in [0.5, 0.6) is 0 Å². The summed E-state index contributed by atoms with van der Waals surface area (Å²) >= 11 is 1.79. The van der Waals surface area contributed by atoms with Gasteiger partial charge in [-0.05, 0) is 25.0 Å². The number of nitro benzene ring substituents is 1. The molecule has 0 saturated heterocycles. The van der Waals surface area contributed by atoms with Gasteiger partial charge in [0, 0.05) is 21.8 Å². The van der Waals surface area contributed by atoms with Crippen LogP contribution in [0.25, 0.3) is 0 Å². The molecular formula is C13H19NO2S. The number of hydrogen-bond donors (Lipinski definition) is 0. The number of rotatable bonds is 5. The number of nitrogens with zero attached hydrogens (tertiary/aromatic N) is 1.